The zero-order valence-electron chi connectivity index (χ0n) is 12.2. The first kappa shape index (κ1) is 15.7. The van der Waals surface area contributed by atoms with Crippen molar-refractivity contribution in [3.05, 3.63) is 16.6 Å². The number of fused-ring (bicyclic) bond motifs is 3. The summed E-state index contributed by atoms with van der Waals surface area (Å²) >= 11 is 3.27. The van der Waals surface area contributed by atoms with Crippen LogP contribution in [0.1, 0.15) is 6.42 Å². The Kier molecular flexibility index (Phi) is 3.31. The average Bonchev–Trinajstić information content (AvgIpc) is 2.90. The highest BCUT2D eigenvalue weighted by molar-refractivity contribution is 9.10. The van der Waals surface area contributed by atoms with Gasteiger partial charge in [-0.15, -0.1) is 0 Å². The normalized spacial score (nSPS) is 23.4. The lowest BCUT2D eigenvalue weighted by molar-refractivity contribution is 0.0101. The van der Waals surface area contributed by atoms with Gasteiger partial charge < -0.3 is 14.4 Å². The molecule has 2 bridgehead atoms. The minimum atomic E-state index is -3.85. The monoisotopic (exact) mass is 416 g/mol. The van der Waals surface area contributed by atoms with Crippen molar-refractivity contribution in [2.75, 3.05) is 18.0 Å². The zero-order valence-corrected chi connectivity index (χ0v) is 14.6. The maximum atomic E-state index is 11.5. The van der Waals surface area contributed by atoms with Crippen molar-refractivity contribution in [2.45, 2.75) is 23.4 Å². The van der Waals surface area contributed by atoms with Crippen molar-refractivity contribution in [1.29, 1.82) is 0 Å². The molecule has 5 rings (SSSR count). The number of carboxylic acid groups (broad SMARTS) is 1. The van der Waals surface area contributed by atoms with Crippen LogP contribution in [0.4, 0.5) is 10.8 Å². The topological polar surface area (TPSA) is 130 Å². The van der Waals surface area contributed by atoms with E-state index in [1.807, 2.05) is 4.90 Å². The van der Waals surface area contributed by atoms with Crippen molar-refractivity contribution in [1.82, 2.24) is 9.88 Å². The Hall–Kier alpha value is -1.85. The van der Waals surface area contributed by atoms with E-state index in [1.165, 1.54) is 17.0 Å². The summed E-state index contributed by atoms with van der Waals surface area (Å²) in [6, 6.07) is 2.93. The van der Waals surface area contributed by atoms with Gasteiger partial charge in [0, 0.05) is 13.1 Å². The van der Waals surface area contributed by atoms with Crippen LogP contribution in [-0.4, -0.2) is 54.7 Å². The number of nitrogens with zero attached hydrogens (tertiary/aromatic N) is 3. The number of piperidine rings is 1. The lowest BCUT2D eigenvalue weighted by atomic mass is 9.88. The summed E-state index contributed by atoms with van der Waals surface area (Å²) in [5, 5.41) is 14.3. The molecule has 3 fully saturated rings. The van der Waals surface area contributed by atoms with E-state index in [0.717, 1.165) is 6.42 Å². The molecule has 0 radical (unpaired) electrons. The number of amides is 1. The van der Waals surface area contributed by atoms with E-state index in [1.54, 1.807) is 0 Å². The molecule has 128 valence electrons. The summed E-state index contributed by atoms with van der Waals surface area (Å²) < 4.78 is 29.2. The molecule has 0 aliphatic carbocycles. The number of piperazine rings is 1. The third kappa shape index (κ3) is 2.34. The molecule has 2 atom stereocenters. The van der Waals surface area contributed by atoms with E-state index in [4.69, 9.17) is 14.7 Å². The summed E-state index contributed by atoms with van der Waals surface area (Å²) in [5.41, 5.74) is 0.796. The van der Waals surface area contributed by atoms with Crippen LogP contribution in [0.15, 0.2) is 25.9 Å². The van der Waals surface area contributed by atoms with Crippen molar-refractivity contribution in [3.63, 3.8) is 0 Å². The van der Waals surface area contributed by atoms with Crippen LogP contribution in [0, 0.1) is 0 Å². The van der Waals surface area contributed by atoms with E-state index in [9.17, 15) is 13.2 Å². The number of hydrogen-bond acceptors (Lipinski definition) is 6. The minimum Gasteiger partial charge on any atom is -0.465 e. The molecule has 0 spiro atoms. The van der Waals surface area contributed by atoms with Crippen LogP contribution in [0.2, 0.25) is 0 Å². The third-order valence-corrected chi connectivity index (χ3v) is 5.90. The molecule has 9 nitrogen and oxygen atoms in total. The molecule has 4 heterocycles. The molecule has 1 aromatic carbocycles. The van der Waals surface area contributed by atoms with Crippen LogP contribution >= 0.6 is 15.9 Å². The van der Waals surface area contributed by atoms with Gasteiger partial charge in [0.2, 0.25) is 10.0 Å². The van der Waals surface area contributed by atoms with Crippen LogP contribution in [0.3, 0.4) is 0 Å². The van der Waals surface area contributed by atoms with Crippen LogP contribution in [0.25, 0.3) is 11.1 Å². The Morgan fingerprint density at radius 1 is 1.38 bits per heavy atom. The number of sulfonamides is 1. The fourth-order valence-electron chi connectivity index (χ4n) is 3.33. The summed E-state index contributed by atoms with van der Waals surface area (Å²) in [5.74, 6) is 0. The molecule has 2 unspecified atom stereocenters. The minimum absolute atomic E-state index is 0.0553. The molecule has 3 aliphatic rings. The fraction of sp³-hybridized carbons (Fsp3) is 0.385. The van der Waals surface area contributed by atoms with Gasteiger partial charge in [0.05, 0.1) is 21.5 Å². The van der Waals surface area contributed by atoms with Crippen molar-refractivity contribution >= 4 is 49.2 Å². The number of halogens is 1. The molecule has 0 saturated carbocycles. The van der Waals surface area contributed by atoms with Crippen molar-refractivity contribution in [2.24, 2.45) is 5.14 Å². The van der Waals surface area contributed by atoms with Crippen LogP contribution in [-0.2, 0) is 10.0 Å². The molecule has 3 saturated heterocycles. The maximum Gasteiger partial charge on any atom is 0.407 e. The predicted octanol–water partition coefficient (Wildman–Crippen LogP) is 1.18. The largest absolute Gasteiger partial charge is 0.465 e. The predicted molar refractivity (Wildman–Crippen MR) is 87.4 cm³/mol. The second-order valence-electron chi connectivity index (χ2n) is 5.93. The Balaban J connectivity index is 1.67. The average molecular weight is 417 g/mol. The quantitative estimate of drug-likeness (QED) is 0.751. The first-order chi connectivity index (χ1) is 11.2. The molecule has 1 aromatic heterocycles. The number of rotatable bonds is 2. The van der Waals surface area contributed by atoms with Gasteiger partial charge in [-0.1, -0.05) is 0 Å². The maximum absolute atomic E-state index is 11.5. The highest BCUT2D eigenvalue weighted by Gasteiger charge is 2.48. The molecule has 24 heavy (non-hydrogen) atoms. The van der Waals surface area contributed by atoms with Gasteiger partial charge in [0.1, 0.15) is 5.52 Å². The van der Waals surface area contributed by atoms with E-state index in [2.05, 4.69) is 20.9 Å². The van der Waals surface area contributed by atoms with Crippen molar-refractivity contribution in [3.8, 4) is 0 Å². The Morgan fingerprint density at radius 2 is 2.04 bits per heavy atom. The van der Waals surface area contributed by atoms with Crippen LogP contribution < -0.4 is 10.0 Å². The molecule has 2 aromatic rings. The molecular formula is C13H13BrN4O5S. The van der Waals surface area contributed by atoms with E-state index in [0.29, 0.717) is 34.7 Å². The van der Waals surface area contributed by atoms with Crippen LogP contribution in [0.5, 0.6) is 0 Å². The number of oxazole rings is 1. The zero-order chi connectivity index (χ0) is 17.2. The first-order valence-corrected chi connectivity index (χ1v) is 9.47. The highest BCUT2D eigenvalue weighted by atomic mass is 79.9. The van der Waals surface area contributed by atoms with Gasteiger partial charge >= 0.3 is 6.09 Å². The summed E-state index contributed by atoms with van der Waals surface area (Å²) in [7, 11) is -3.85. The molecular weight excluding hydrogens is 404 g/mol. The van der Waals surface area contributed by atoms with Gasteiger partial charge in [-0.25, -0.2) is 18.4 Å². The van der Waals surface area contributed by atoms with Gasteiger partial charge in [0.25, 0.3) is 6.01 Å². The summed E-state index contributed by atoms with van der Waals surface area (Å²) in [6.07, 6.45) is -0.0727. The Labute approximate surface area is 145 Å². The second-order valence-corrected chi connectivity index (χ2v) is 8.35. The number of primary sulfonamides is 1. The number of carbonyl (C=O) groups is 1. The first-order valence-electron chi connectivity index (χ1n) is 7.13. The van der Waals surface area contributed by atoms with E-state index >= 15 is 0 Å². The van der Waals surface area contributed by atoms with Gasteiger partial charge in [-0.2, -0.15) is 4.98 Å². The fourth-order valence-corrected chi connectivity index (χ4v) is 4.57. The number of aromatic nitrogens is 1. The van der Waals surface area contributed by atoms with Crippen molar-refractivity contribution < 1.29 is 22.7 Å². The summed E-state index contributed by atoms with van der Waals surface area (Å²) in [6.45, 7) is 0.991. The van der Waals surface area contributed by atoms with E-state index < -0.39 is 16.1 Å². The highest BCUT2D eigenvalue weighted by Crippen LogP contribution is 2.37. The number of hydrogen-bond donors (Lipinski definition) is 2. The number of nitrogens with two attached hydrogens (primary N) is 1. The Bertz CT molecular complexity index is 947. The lowest BCUT2D eigenvalue weighted by Gasteiger charge is -2.54. The van der Waals surface area contributed by atoms with E-state index in [-0.39, 0.29) is 17.0 Å². The lowest BCUT2D eigenvalue weighted by Crippen LogP contribution is -2.70. The van der Waals surface area contributed by atoms with Gasteiger partial charge in [-0.3, -0.25) is 4.90 Å². The summed E-state index contributed by atoms with van der Waals surface area (Å²) in [4.78, 5) is 18.8. The Morgan fingerprint density at radius 3 is 2.62 bits per heavy atom. The van der Waals surface area contributed by atoms with Gasteiger partial charge in [-0.05, 0) is 34.5 Å². The molecule has 3 N–H and O–H groups in total. The number of anilines is 1. The molecule has 3 aliphatic heterocycles. The number of benzene rings is 1. The second kappa shape index (κ2) is 5.07. The standard InChI is InChI=1S/C13H13BrN4O5S/c14-9-2-8(24(15,21)22)3-10-11(9)23-12(16-10)17-4-6-1-7(5-17)18(6)13(19)20/h2-3,6-7H,1,4-5H2,(H,19,20)(H2,15,21,22). The third-order valence-electron chi connectivity index (χ3n) is 4.42. The molecule has 1 amide bonds. The molecule has 11 heteroatoms. The SMILES string of the molecule is NS(=O)(=O)c1cc(Br)c2oc(N3CC4CC(C3)N4C(=O)O)nc2c1. The van der Waals surface area contributed by atoms with Gasteiger partial charge in [0.15, 0.2) is 5.58 Å². The smallest absolute Gasteiger partial charge is 0.407 e.